The Morgan fingerprint density at radius 1 is 1.33 bits per heavy atom. The van der Waals surface area contributed by atoms with Crippen molar-refractivity contribution >= 4 is 11.6 Å². The lowest BCUT2D eigenvalue weighted by atomic mass is 10.1. The molecule has 2 aromatic heterocycles. The van der Waals surface area contributed by atoms with Crippen molar-refractivity contribution in [3.8, 4) is 0 Å². The van der Waals surface area contributed by atoms with Crippen LogP contribution >= 0.6 is 0 Å². The van der Waals surface area contributed by atoms with E-state index in [0.29, 0.717) is 6.42 Å². The number of nitrogens with zero attached hydrogens (tertiary/aromatic N) is 4. The lowest BCUT2D eigenvalue weighted by Gasteiger charge is -2.22. The van der Waals surface area contributed by atoms with Gasteiger partial charge in [0, 0.05) is 37.0 Å². The molecule has 0 saturated heterocycles. The van der Waals surface area contributed by atoms with Crippen LogP contribution in [0.15, 0.2) is 6.07 Å². The molecule has 0 aromatic carbocycles. The van der Waals surface area contributed by atoms with Gasteiger partial charge in [-0.15, -0.1) is 0 Å². The summed E-state index contributed by atoms with van der Waals surface area (Å²) in [5.74, 6) is 1.02. The summed E-state index contributed by atoms with van der Waals surface area (Å²) in [5.41, 5.74) is 5.12. The van der Waals surface area contributed by atoms with Crippen molar-refractivity contribution in [2.45, 2.75) is 59.8 Å². The fourth-order valence-electron chi connectivity index (χ4n) is 3.39. The number of carbonyl (C=O) groups is 1. The Kier molecular flexibility index (Phi) is 4.88. The van der Waals surface area contributed by atoms with E-state index in [1.165, 1.54) is 12.8 Å². The van der Waals surface area contributed by atoms with Crippen LogP contribution in [0, 0.1) is 26.7 Å². The van der Waals surface area contributed by atoms with Gasteiger partial charge in [-0.05, 0) is 57.9 Å². The average Bonchev–Trinajstić information content (AvgIpc) is 3.27. The normalized spacial score (nSPS) is 14.3. The van der Waals surface area contributed by atoms with Crippen LogP contribution in [-0.4, -0.2) is 38.5 Å². The van der Waals surface area contributed by atoms with Crippen molar-refractivity contribution in [3.05, 3.63) is 28.7 Å². The number of aryl methyl sites for hydroxylation is 3. The average molecular weight is 328 g/mol. The van der Waals surface area contributed by atoms with Gasteiger partial charge in [-0.1, -0.05) is 6.92 Å². The molecule has 0 radical (unpaired) electrons. The molecule has 5 heteroatoms. The lowest BCUT2D eigenvalue weighted by molar-refractivity contribution is -0.131. The van der Waals surface area contributed by atoms with E-state index >= 15 is 0 Å². The Morgan fingerprint density at radius 3 is 2.75 bits per heavy atom. The van der Waals surface area contributed by atoms with Crippen LogP contribution in [0.25, 0.3) is 5.65 Å². The molecule has 0 aliphatic heterocycles. The third-order valence-corrected chi connectivity index (χ3v) is 4.90. The van der Waals surface area contributed by atoms with Crippen LogP contribution in [0.3, 0.4) is 0 Å². The number of amides is 1. The molecule has 1 aliphatic carbocycles. The lowest BCUT2D eigenvalue weighted by Crippen LogP contribution is -2.33. The Morgan fingerprint density at radius 2 is 2.08 bits per heavy atom. The number of aromatic nitrogens is 3. The summed E-state index contributed by atoms with van der Waals surface area (Å²) in [7, 11) is 0. The third kappa shape index (κ3) is 3.60. The van der Waals surface area contributed by atoms with Gasteiger partial charge in [0.25, 0.3) is 0 Å². The van der Waals surface area contributed by atoms with Crippen molar-refractivity contribution in [2.24, 2.45) is 5.92 Å². The molecule has 0 bridgehead atoms. The minimum atomic E-state index is 0.277. The number of rotatable bonds is 7. The molecule has 2 heterocycles. The van der Waals surface area contributed by atoms with Crippen LogP contribution in [0.2, 0.25) is 0 Å². The van der Waals surface area contributed by atoms with E-state index in [0.717, 1.165) is 60.1 Å². The highest BCUT2D eigenvalue weighted by Crippen LogP contribution is 2.30. The molecule has 5 nitrogen and oxygen atoms in total. The van der Waals surface area contributed by atoms with Crippen LogP contribution in [-0.2, 0) is 11.2 Å². The quantitative estimate of drug-likeness (QED) is 0.784. The maximum Gasteiger partial charge on any atom is 0.222 e. The molecule has 2 aromatic rings. The fourth-order valence-corrected chi connectivity index (χ4v) is 3.39. The molecule has 1 fully saturated rings. The predicted octanol–water partition coefficient (Wildman–Crippen LogP) is 3.24. The standard InChI is InChI=1S/C19H28N4O/c1-5-10-22(12-16-6-7-16)19(24)9-8-17-14(3)20-18-11-13(2)21-23(18)15(17)4/h11,16H,5-10,12H2,1-4H3. The molecule has 1 aliphatic rings. The summed E-state index contributed by atoms with van der Waals surface area (Å²) in [4.78, 5) is 19.4. The van der Waals surface area contributed by atoms with Gasteiger partial charge in [-0.3, -0.25) is 4.79 Å². The summed E-state index contributed by atoms with van der Waals surface area (Å²) in [5, 5.41) is 4.51. The van der Waals surface area contributed by atoms with Gasteiger partial charge in [0.2, 0.25) is 5.91 Å². The van der Waals surface area contributed by atoms with Crippen molar-refractivity contribution in [1.29, 1.82) is 0 Å². The minimum absolute atomic E-state index is 0.277. The maximum atomic E-state index is 12.6. The van der Waals surface area contributed by atoms with Crippen molar-refractivity contribution < 1.29 is 4.79 Å². The smallest absolute Gasteiger partial charge is 0.222 e. The predicted molar refractivity (Wildman–Crippen MR) is 95.1 cm³/mol. The minimum Gasteiger partial charge on any atom is -0.342 e. The highest BCUT2D eigenvalue weighted by atomic mass is 16.2. The van der Waals surface area contributed by atoms with Crippen molar-refractivity contribution in [1.82, 2.24) is 19.5 Å². The summed E-state index contributed by atoms with van der Waals surface area (Å²) in [6.45, 7) is 10.0. The molecule has 130 valence electrons. The van der Waals surface area contributed by atoms with E-state index in [9.17, 15) is 4.79 Å². The van der Waals surface area contributed by atoms with E-state index in [1.54, 1.807) is 0 Å². The Bertz CT molecular complexity index is 745. The first kappa shape index (κ1) is 16.9. The summed E-state index contributed by atoms with van der Waals surface area (Å²) < 4.78 is 1.90. The van der Waals surface area contributed by atoms with E-state index in [2.05, 4.69) is 28.8 Å². The van der Waals surface area contributed by atoms with Crippen molar-refractivity contribution in [3.63, 3.8) is 0 Å². The number of fused-ring (bicyclic) bond motifs is 1. The van der Waals surface area contributed by atoms with Gasteiger partial charge in [0.1, 0.15) is 0 Å². The van der Waals surface area contributed by atoms with Crippen LogP contribution in [0.4, 0.5) is 0 Å². The Labute approximate surface area is 144 Å². The van der Waals surface area contributed by atoms with Gasteiger partial charge in [-0.2, -0.15) is 5.10 Å². The zero-order valence-corrected chi connectivity index (χ0v) is 15.3. The Hall–Kier alpha value is -1.91. The molecular weight excluding hydrogens is 300 g/mol. The molecule has 0 spiro atoms. The molecule has 24 heavy (non-hydrogen) atoms. The first-order chi connectivity index (χ1) is 11.5. The van der Waals surface area contributed by atoms with Gasteiger partial charge >= 0.3 is 0 Å². The molecule has 0 atom stereocenters. The second-order valence-corrected chi connectivity index (χ2v) is 7.10. The highest BCUT2D eigenvalue weighted by molar-refractivity contribution is 5.76. The zero-order chi connectivity index (χ0) is 17.3. The van der Waals surface area contributed by atoms with Crippen LogP contribution in [0.1, 0.15) is 55.3 Å². The maximum absolute atomic E-state index is 12.6. The molecule has 1 amide bonds. The zero-order valence-electron chi connectivity index (χ0n) is 15.3. The number of hydrogen-bond donors (Lipinski definition) is 0. The SMILES string of the molecule is CCCN(CC1CC1)C(=O)CCc1c(C)nc2cc(C)nn2c1C. The largest absolute Gasteiger partial charge is 0.342 e. The van der Waals surface area contributed by atoms with Crippen molar-refractivity contribution in [2.75, 3.05) is 13.1 Å². The van der Waals surface area contributed by atoms with Gasteiger partial charge in [-0.25, -0.2) is 9.50 Å². The first-order valence-electron chi connectivity index (χ1n) is 9.09. The summed E-state index contributed by atoms with van der Waals surface area (Å²) >= 11 is 0. The van der Waals surface area contributed by atoms with E-state index < -0.39 is 0 Å². The second kappa shape index (κ2) is 6.91. The van der Waals surface area contributed by atoms with Gasteiger partial charge < -0.3 is 4.90 Å². The molecule has 0 unspecified atom stereocenters. The fraction of sp³-hybridized carbons (Fsp3) is 0.632. The second-order valence-electron chi connectivity index (χ2n) is 7.10. The van der Waals surface area contributed by atoms with Gasteiger partial charge in [0.05, 0.1) is 5.69 Å². The molecule has 3 rings (SSSR count). The summed E-state index contributed by atoms with van der Waals surface area (Å²) in [6.07, 6.45) is 4.89. The monoisotopic (exact) mass is 328 g/mol. The number of hydrogen-bond acceptors (Lipinski definition) is 3. The van der Waals surface area contributed by atoms with E-state index in [-0.39, 0.29) is 5.91 Å². The van der Waals surface area contributed by atoms with Gasteiger partial charge in [0.15, 0.2) is 5.65 Å². The highest BCUT2D eigenvalue weighted by Gasteiger charge is 2.26. The first-order valence-corrected chi connectivity index (χ1v) is 9.09. The van der Waals surface area contributed by atoms with Crippen LogP contribution < -0.4 is 0 Å². The Balaban J connectivity index is 1.73. The molecule has 0 N–H and O–H groups in total. The molecule has 1 saturated carbocycles. The molecular formula is C19H28N4O. The third-order valence-electron chi connectivity index (χ3n) is 4.90. The van der Waals surface area contributed by atoms with E-state index in [1.807, 2.05) is 24.4 Å². The van der Waals surface area contributed by atoms with E-state index in [4.69, 9.17) is 0 Å². The summed E-state index contributed by atoms with van der Waals surface area (Å²) in [6, 6.07) is 1.99. The number of carbonyl (C=O) groups excluding carboxylic acids is 1. The topological polar surface area (TPSA) is 50.5 Å². The van der Waals surface area contributed by atoms with Crippen LogP contribution in [0.5, 0.6) is 0 Å².